The van der Waals surface area contributed by atoms with Crippen LogP contribution in [-0.2, 0) is 24.2 Å². The minimum absolute atomic E-state index is 0.0310. The predicted molar refractivity (Wildman–Crippen MR) is 105 cm³/mol. The van der Waals surface area contributed by atoms with E-state index in [1.807, 2.05) is 28.7 Å². The van der Waals surface area contributed by atoms with E-state index in [1.165, 1.54) is 5.56 Å². The molecule has 27 heavy (non-hydrogen) atoms. The van der Waals surface area contributed by atoms with Gasteiger partial charge < -0.3 is 14.6 Å². The first-order chi connectivity index (χ1) is 13.0. The molecule has 5 heteroatoms. The molecule has 5 nitrogen and oxygen atoms in total. The SMILES string of the molecule is CCn1cc(C)c(C(=O)O)c1CC(=O)N1CCC(Cc2ccccc2)CC1. The largest absolute Gasteiger partial charge is 0.478 e. The maximum atomic E-state index is 12.8. The van der Waals surface area contributed by atoms with Crippen molar-refractivity contribution in [1.29, 1.82) is 0 Å². The summed E-state index contributed by atoms with van der Waals surface area (Å²) in [5, 5.41) is 9.52. The van der Waals surface area contributed by atoms with Crippen molar-refractivity contribution in [3.8, 4) is 0 Å². The number of carbonyl (C=O) groups excluding carboxylic acids is 1. The third kappa shape index (κ3) is 4.41. The van der Waals surface area contributed by atoms with Gasteiger partial charge >= 0.3 is 5.97 Å². The van der Waals surface area contributed by atoms with Crippen molar-refractivity contribution in [2.45, 2.75) is 46.1 Å². The average Bonchev–Trinajstić information content (AvgIpc) is 2.98. The van der Waals surface area contributed by atoms with Gasteiger partial charge in [0.05, 0.1) is 12.0 Å². The van der Waals surface area contributed by atoms with Crippen LogP contribution in [-0.4, -0.2) is 39.5 Å². The van der Waals surface area contributed by atoms with Crippen molar-refractivity contribution in [2.24, 2.45) is 5.92 Å². The number of rotatable bonds is 6. The molecule has 0 saturated carbocycles. The fraction of sp³-hybridized carbons (Fsp3) is 0.455. The van der Waals surface area contributed by atoms with Gasteiger partial charge in [0.2, 0.25) is 5.91 Å². The lowest BCUT2D eigenvalue weighted by molar-refractivity contribution is -0.131. The van der Waals surface area contributed by atoms with E-state index in [2.05, 4.69) is 24.3 Å². The zero-order valence-corrected chi connectivity index (χ0v) is 16.1. The summed E-state index contributed by atoms with van der Waals surface area (Å²) in [7, 11) is 0. The molecule has 1 saturated heterocycles. The zero-order valence-electron chi connectivity index (χ0n) is 16.1. The van der Waals surface area contributed by atoms with Crippen molar-refractivity contribution in [3.05, 3.63) is 58.9 Å². The van der Waals surface area contributed by atoms with Gasteiger partial charge in [-0.2, -0.15) is 0 Å². The van der Waals surface area contributed by atoms with Crippen LogP contribution in [0.2, 0.25) is 0 Å². The van der Waals surface area contributed by atoms with Crippen LogP contribution >= 0.6 is 0 Å². The fourth-order valence-electron chi connectivity index (χ4n) is 4.10. The maximum absolute atomic E-state index is 12.8. The summed E-state index contributed by atoms with van der Waals surface area (Å²) in [4.78, 5) is 26.3. The molecule has 0 radical (unpaired) electrons. The average molecular weight is 368 g/mol. The lowest BCUT2D eigenvalue weighted by Crippen LogP contribution is -2.40. The fourth-order valence-corrected chi connectivity index (χ4v) is 4.10. The Hall–Kier alpha value is -2.56. The molecule has 2 heterocycles. The molecule has 3 rings (SSSR count). The van der Waals surface area contributed by atoms with Gasteiger partial charge in [-0.3, -0.25) is 4.79 Å². The Bertz CT molecular complexity index is 802. The number of amides is 1. The Kier molecular flexibility index (Phi) is 5.99. The van der Waals surface area contributed by atoms with Crippen molar-refractivity contribution < 1.29 is 14.7 Å². The molecule has 1 amide bonds. The monoisotopic (exact) mass is 368 g/mol. The van der Waals surface area contributed by atoms with Crippen molar-refractivity contribution in [2.75, 3.05) is 13.1 Å². The topological polar surface area (TPSA) is 62.5 Å². The quantitative estimate of drug-likeness (QED) is 0.848. The molecule has 2 aromatic rings. The van der Waals surface area contributed by atoms with Crippen LogP contribution in [0.4, 0.5) is 0 Å². The van der Waals surface area contributed by atoms with Gasteiger partial charge in [-0.1, -0.05) is 30.3 Å². The highest BCUT2D eigenvalue weighted by Gasteiger charge is 2.26. The maximum Gasteiger partial charge on any atom is 0.337 e. The van der Waals surface area contributed by atoms with E-state index in [4.69, 9.17) is 0 Å². The molecule has 0 atom stereocenters. The summed E-state index contributed by atoms with van der Waals surface area (Å²) in [6.07, 6.45) is 5.05. The Balaban J connectivity index is 1.61. The zero-order chi connectivity index (χ0) is 19.4. The summed E-state index contributed by atoms with van der Waals surface area (Å²) in [5.41, 5.74) is 2.97. The number of aromatic nitrogens is 1. The molecule has 1 fully saturated rings. The van der Waals surface area contributed by atoms with Gasteiger partial charge in [-0.25, -0.2) is 4.79 Å². The molecule has 1 aromatic heterocycles. The lowest BCUT2D eigenvalue weighted by atomic mass is 9.90. The molecule has 1 N–H and O–H groups in total. The summed E-state index contributed by atoms with van der Waals surface area (Å²) in [6, 6.07) is 10.5. The highest BCUT2D eigenvalue weighted by Crippen LogP contribution is 2.24. The molecular formula is C22H28N2O3. The van der Waals surface area contributed by atoms with Gasteiger partial charge in [0, 0.05) is 31.5 Å². The highest BCUT2D eigenvalue weighted by molar-refractivity contribution is 5.93. The minimum Gasteiger partial charge on any atom is -0.478 e. The Morgan fingerprint density at radius 3 is 2.41 bits per heavy atom. The molecule has 0 bridgehead atoms. The number of piperidine rings is 1. The van der Waals surface area contributed by atoms with Crippen LogP contribution in [0.15, 0.2) is 36.5 Å². The van der Waals surface area contributed by atoms with E-state index < -0.39 is 5.97 Å². The summed E-state index contributed by atoms with van der Waals surface area (Å²) >= 11 is 0. The van der Waals surface area contributed by atoms with Crippen LogP contribution in [0.3, 0.4) is 0 Å². The highest BCUT2D eigenvalue weighted by atomic mass is 16.4. The number of aromatic carboxylic acids is 1. The smallest absolute Gasteiger partial charge is 0.337 e. The number of likely N-dealkylation sites (tertiary alicyclic amines) is 1. The lowest BCUT2D eigenvalue weighted by Gasteiger charge is -2.32. The van der Waals surface area contributed by atoms with Crippen LogP contribution in [0.5, 0.6) is 0 Å². The molecular weight excluding hydrogens is 340 g/mol. The van der Waals surface area contributed by atoms with Crippen molar-refractivity contribution >= 4 is 11.9 Å². The summed E-state index contributed by atoms with van der Waals surface area (Å²) in [6.45, 7) is 5.93. The second-order valence-corrected chi connectivity index (χ2v) is 7.42. The normalized spacial score (nSPS) is 15.1. The summed E-state index contributed by atoms with van der Waals surface area (Å²) in [5.74, 6) is -0.319. The number of hydrogen-bond acceptors (Lipinski definition) is 2. The number of benzene rings is 1. The second-order valence-electron chi connectivity index (χ2n) is 7.42. The predicted octanol–water partition coefficient (Wildman–Crippen LogP) is 3.54. The molecule has 0 aliphatic carbocycles. The third-order valence-electron chi connectivity index (χ3n) is 5.59. The second kappa shape index (κ2) is 8.42. The summed E-state index contributed by atoms with van der Waals surface area (Å²) < 4.78 is 1.89. The number of carboxylic acids is 1. The molecule has 1 aliphatic rings. The number of hydrogen-bond donors (Lipinski definition) is 1. The molecule has 0 unspecified atom stereocenters. The standard InChI is InChI=1S/C22H28N2O3/c1-3-23-15-16(2)21(22(26)27)19(23)14-20(25)24-11-9-18(10-12-24)13-17-7-5-4-6-8-17/h4-8,15,18H,3,9-14H2,1-2H3,(H,26,27). The van der Waals surface area contributed by atoms with E-state index in [1.54, 1.807) is 6.92 Å². The van der Waals surface area contributed by atoms with E-state index in [9.17, 15) is 14.7 Å². The van der Waals surface area contributed by atoms with Crippen LogP contribution < -0.4 is 0 Å². The van der Waals surface area contributed by atoms with E-state index in [0.717, 1.165) is 32.4 Å². The van der Waals surface area contributed by atoms with Crippen molar-refractivity contribution in [3.63, 3.8) is 0 Å². The van der Waals surface area contributed by atoms with Crippen LogP contribution in [0.25, 0.3) is 0 Å². The van der Waals surface area contributed by atoms with Gasteiger partial charge in [-0.15, -0.1) is 0 Å². The number of aryl methyl sites for hydroxylation is 2. The third-order valence-corrected chi connectivity index (χ3v) is 5.59. The van der Waals surface area contributed by atoms with Crippen LogP contribution in [0, 0.1) is 12.8 Å². The Morgan fingerprint density at radius 2 is 1.81 bits per heavy atom. The van der Waals surface area contributed by atoms with Gasteiger partial charge in [0.25, 0.3) is 0 Å². The van der Waals surface area contributed by atoms with E-state index in [0.29, 0.717) is 23.7 Å². The first kappa shape index (κ1) is 19.2. The first-order valence-corrected chi connectivity index (χ1v) is 9.73. The number of nitrogens with zero attached hydrogens (tertiary/aromatic N) is 2. The first-order valence-electron chi connectivity index (χ1n) is 9.73. The molecule has 1 aliphatic heterocycles. The van der Waals surface area contributed by atoms with Gasteiger partial charge in [0.1, 0.15) is 0 Å². The van der Waals surface area contributed by atoms with Crippen LogP contribution in [0.1, 0.15) is 46.9 Å². The van der Waals surface area contributed by atoms with Gasteiger partial charge in [-0.05, 0) is 50.2 Å². The minimum atomic E-state index is -0.955. The number of carboxylic acid groups (broad SMARTS) is 1. The molecule has 0 spiro atoms. The Morgan fingerprint density at radius 1 is 1.15 bits per heavy atom. The van der Waals surface area contributed by atoms with E-state index in [-0.39, 0.29) is 17.9 Å². The van der Waals surface area contributed by atoms with E-state index >= 15 is 0 Å². The number of carbonyl (C=O) groups is 2. The van der Waals surface area contributed by atoms with Gasteiger partial charge in [0.15, 0.2) is 0 Å². The van der Waals surface area contributed by atoms with Crippen molar-refractivity contribution in [1.82, 2.24) is 9.47 Å². The molecule has 1 aromatic carbocycles. The molecule has 144 valence electrons. The Labute approximate surface area is 160 Å².